The molecule has 7 heteroatoms. The molecule has 3 fully saturated rings. The van der Waals surface area contributed by atoms with Crippen LogP contribution in [0.15, 0.2) is 28.8 Å². The lowest BCUT2D eigenvalue weighted by Crippen LogP contribution is -2.62. The number of aliphatic hydroxyl groups excluding tert-OH is 1. The Morgan fingerprint density at radius 2 is 2.09 bits per heavy atom. The number of aliphatic imine (C=N–C) groups is 1. The molecule has 0 aromatic rings. The van der Waals surface area contributed by atoms with E-state index in [9.17, 15) is 19.5 Å². The number of ether oxygens (including phenoxy) is 2. The average molecular weight is 442 g/mol. The maximum atomic E-state index is 13.5. The summed E-state index contributed by atoms with van der Waals surface area (Å²) in [5.74, 6) is -0.0140. The van der Waals surface area contributed by atoms with E-state index >= 15 is 0 Å². The third-order valence-corrected chi connectivity index (χ3v) is 9.17. The third kappa shape index (κ3) is 2.63. The standard InChI is InChI=1S/C25H31NO6/c1-13-26-25(20(30)12-31-14(2)27)21(32-13)10-18-17-6-5-15-9-16(28)7-8-23(15,3)22(17)19(29)11-24(18,25)4/h7-9,17-19,21-22,29H,5-6,10-12H2,1-4H3/t17?,18?,19-,21?,22?,23-,24-,25?/m0/s1. The predicted molar refractivity (Wildman–Crippen MR) is 116 cm³/mol. The average Bonchev–Trinajstić information content (AvgIpc) is 3.17. The van der Waals surface area contributed by atoms with E-state index in [1.54, 1.807) is 19.1 Å². The zero-order valence-corrected chi connectivity index (χ0v) is 19.1. The van der Waals surface area contributed by atoms with Crippen molar-refractivity contribution in [3.63, 3.8) is 0 Å². The molecule has 0 aromatic carbocycles. The van der Waals surface area contributed by atoms with Gasteiger partial charge in [0.2, 0.25) is 5.78 Å². The molecule has 172 valence electrons. The normalized spacial score (nSPS) is 46.2. The van der Waals surface area contributed by atoms with Gasteiger partial charge in [-0.3, -0.25) is 14.4 Å². The molecule has 0 saturated heterocycles. The summed E-state index contributed by atoms with van der Waals surface area (Å²) in [6, 6.07) is 0. The number of carbonyl (C=O) groups is 3. The molecule has 0 amide bonds. The molecule has 5 aliphatic rings. The molecule has 32 heavy (non-hydrogen) atoms. The molecule has 4 aliphatic carbocycles. The quantitative estimate of drug-likeness (QED) is 0.676. The highest BCUT2D eigenvalue weighted by atomic mass is 16.5. The minimum absolute atomic E-state index is 0.00898. The van der Waals surface area contributed by atoms with E-state index in [0.717, 1.165) is 18.4 Å². The first-order chi connectivity index (χ1) is 15.0. The van der Waals surface area contributed by atoms with E-state index in [4.69, 9.17) is 14.5 Å². The minimum Gasteiger partial charge on any atom is -0.475 e. The van der Waals surface area contributed by atoms with Crippen molar-refractivity contribution in [2.45, 2.75) is 71.1 Å². The Bertz CT molecular complexity index is 996. The summed E-state index contributed by atoms with van der Waals surface area (Å²) < 4.78 is 11.2. The molecular weight excluding hydrogens is 410 g/mol. The number of nitrogens with zero attached hydrogens (tertiary/aromatic N) is 1. The van der Waals surface area contributed by atoms with Crippen LogP contribution < -0.4 is 0 Å². The Morgan fingerprint density at radius 1 is 1.34 bits per heavy atom. The number of hydrogen-bond donors (Lipinski definition) is 1. The summed E-state index contributed by atoms with van der Waals surface area (Å²) in [4.78, 5) is 41.7. The van der Waals surface area contributed by atoms with Crippen LogP contribution in [0, 0.1) is 28.6 Å². The van der Waals surface area contributed by atoms with E-state index in [2.05, 4.69) is 13.8 Å². The highest BCUT2D eigenvalue weighted by Gasteiger charge is 2.74. The fraction of sp³-hybridized carbons (Fsp3) is 0.680. The van der Waals surface area contributed by atoms with Crippen LogP contribution in [0.1, 0.15) is 53.4 Å². The van der Waals surface area contributed by atoms with Crippen LogP contribution in [0.2, 0.25) is 0 Å². The summed E-state index contributed by atoms with van der Waals surface area (Å²) in [5.41, 5.74) is -1.04. The smallest absolute Gasteiger partial charge is 0.303 e. The Hall–Kier alpha value is -2.28. The van der Waals surface area contributed by atoms with Crippen molar-refractivity contribution in [1.29, 1.82) is 0 Å². The van der Waals surface area contributed by atoms with Crippen molar-refractivity contribution in [2.24, 2.45) is 33.6 Å². The van der Waals surface area contributed by atoms with Gasteiger partial charge in [0, 0.05) is 30.6 Å². The highest BCUT2D eigenvalue weighted by Crippen LogP contribution is 2.69. The van der Waals surface area contributed by atoms with Gasteiger partial charge in [-0.2, -0.15) is 0 Å². The fourth-order valence-corrected chi connectivity index (χ4v) is 7.97. The molecule has 3 saturated carbocycles. The van der Waals surface area contributed by atoms with E-state index in [1.807, 2.05) is 6.08 Å². The van der Waals surface area contributed by atoms with Gasteiger partial charge >= 0.3 is 5.97 Å². The SMILES string of the molecule is CC(=O)OCC(=O)C12N=C(C)OC1CC1C3CCC4=CC(=O)C=C[C@]4(C)C3[C@@H](O)C[C@@]12C. The Labute approximate surface area is 187 Å². The van der Waals surface area contributed by atoms with Crippen LogP contribution in [0.25, 0.3) is 0 Å². The molecule has 7 nitrogen and oxygen atoms in total. The molecule has 0 aromatic heterocycles. The zero-order valence-electron chi connectivity index (χ0n) is 19.1. The van der Waals surface area contributed by atoms with Crippen LogP contribution in [0.4, 0.5) is 0 Å². The molecule has 1 heterocycles. The number of Topliss-reactive ketones (excluding diaryl/α,β-unsaturated/α-hetero) is 1. The van der Waals surface area contributed by atoms with Crippen LogP contribution in [-0.4, -0.2) is 52.9 Å². The molecule has 0 radical (unpaired) electrons. The number of fused-ring (bicyclic) bond motifs is 7. The number of carbonyl (C=O) groups excluding carboxylic acids is 3. The number of ketones is 2. The summed E-state index contributed by atoms with van der Waals surface area (Å²) in [6.45, 7) is 6.88. The van der Waals surface area contributed by atoms with Crippen LogP contribution in [0.3, 0.4) is 0 Å². The van der Waals surface area contributed by atoms with Gasteiger partial charge in [0.05, 0.1) is 6.10 Å². The fourth-order valence-electron chi connectivity index (χ4n) is 7.97. The maximum Gasteiger partial charge on any atom is 0.303 e. The minimum atomic E-state index is -1.15. The lowest BCUT2D eigenvalue weighted by Gasteiger charge is -2.59. The molecule has 1 N–H and O–H groups in total. The monoisotopic (exact) mass is 441 g/mol. The number of rotatable bonds is 3. The van der Waals surface area contributed by atoms with Gasteiger partial charge < -0.3 is 14.6 Å². The number of allylic oxidation sites excluding steroid dienone is 4. The molecule has 0 spiro atoms. The first-order valence-electron chi connectivity index (χ1n) is 11.5. The largest absolute Gasteiger partial charge is 0.475 e. The second-order valence-corrected chi connectivity index (χ2v) is 10.7. The number of hydrogen-bond acceptors (Lipinski definition) is 7. The van der Waals surface area contributed by atoms with Crippen molar-refractivity contribution in [2.75, 3.05) is 6.61 Å². The molecule has 0 bridgehead atoms. The second-order valence-electron chi connectivity index (χ2n) is 10.7. The van der Waals surface area contributed by atoms with E-state index in [1.165, 1.54) is 6.92 Å². The van der Waals surface area contributed by atoms with Crippen molar-refractivity contribution in [3.05, 3.63) is 23.8 Å². The summed E-state index contributed by atoms with van der Waals surface area (Å²) in [5, 5.41) is 11.6. The van der Waals surface area contributed by atoms with Gasteiger partial charge in [-0.05, 0) is 49.7 Å². The van der Waals surface area contributed by atoms with Gasteiger partial charge in [0.15, 0.2) is 23.8 Å². The van der Waals surface area contributed by atoms with Crippen molar-refractivity contribution < 1.29 is 29.0 Å². The Kier molecular flexibility index (Phi) is 4.62. The Balaban J connectivity index is 1.56. The zero-order chi connectivity index (χ0) is 23.1. The summed E-state index contributed by atoms with van der Waals surface area (Å²) >= 11 is 0. The van der Waals surface area contributed by atoms with Gasteiger partial charge in [0.1, 0.15) is 6.10 Å². The first kappa shape index (κ1) is 21.6. The number of aliphatic hydroxyl groups is 1. The first-order valence-corrected chi connectivity index (χ1v) is 11.5. The van der Waals surface area contributed by atoms with Crippen LogP contribution >= 0.6 is 0 Å². The van der Waals surface area contributed by atoms with E-state index < -0.39 is 29.1 Å². The molecule has 1 aliphatic heterocycles. The van der Waals surface area contributed by atoms with Crippen LogP contribution in [-0.2, 0) is 23.9 Å². The van der Waals surface area contributed by atoms with Gasteiger partial charge in [0.25, 0.3) is 0 Å². The van der Waals surface area contributed by atoms with Crippen molar-refractivity contribution >= 4 is 23.4 Å². The molecule has 5 unspecified atom stereocenters. The van der Waals surface area contributed by atoms with Gasteiger partial charge in [-0.25, -0.2) is 4.99 Å². The lowest BCUT2D eigenvalue weighted by molar-refractivity contribution is -0.155. The Morgan fingerprint density at radius 3 is 2.81 bits per heavy atom. The predicted octanol–water partition coefficient (Wildman–Crippen LogP) is 2.56. The molecular formula is C25H31NO6. The maximum absolute atomic E-state index is 13.5. The molecule has 5 rings (SSSR count). The van der Waals surface area contributed by atoms with E-state index in [-0.39, 0.29) is 41.3 Å². The van der Waals surface area contributed by atoms with Crippen LogP contribution in [0.5, 0.6) is 0 Å². The third-order valence-electron chi connectivity index (χ3n) is 9.17. The van der Waals surface area contributed by atoms with Crippen molar-refractivity contribution in [1.82, 2.24) is 0 Å². The van der Waals surface area contributed by atoms with E-state index in [0.29, 0.717) is 18.7 Å². The van der Waals surface area contributed by atoms with Gasteiger partial charge in [-0.1, -0.05) is 25.5 Å². The summed E-state index contributed by atoms with van der Waals surface area (Å²) in [6.07, 6.45) is 7.01. The number of esters is 1. The highest BCUT2D eigenvalue weighted by molar-refractivity contribution is 6.01. The van der Waals surface area contributed by atoms with Gasteiger partial charge in [-0.15, -0.1) is 0 Å². The van der Waals surface area contributed by atoms with Crippen molar-refractivity contribution in [3.8, 4) is 0 Å². The molecule has 8 atom stereocenters. The second kappa shape index (κ2) is 6.86. The lowest BCUT2D eigenvalue weighted by atomic mass is 9.46. The topological polar surface area (TPSA) is 102 Å². The summed E-state index contributed by atoms with van der Waals surface area (Å²) in [7, 11) is 0.